The summed E-state index contributed by atoms with van der Waals surface area (Å²) in [6.07, 6.45) is 7.96. The number of nitrogens with one attached hydrogen (secondary N) is 3. The molecule has 0 radical (unpaired) electrons. The molecule has 0 bridgehead atoms. The lowest BCUT2D eigenvalue weighted by molar-refractivity contribution is 0.682. The van der Waals surface area contributed by atoms with Crippen molar-refractivity contribution in [3.63, 3.8) is 0 Å². The van der Waals surface area contributed by atoms with Gasteiger partial charge in [-0.3, -0.25) is 10.1 Å². The zero-order valence-electron chi connectivity index (χ0n) is 19.5. The van der Waals surface area contributed by atoms with Crippen molar-refractivity contribution < 1.29 is 0 Å². The van der Waals surface area contributed by atoms with Crippen molar-refractivity contribution in [2.45, 2.75) is 26.8 Å². The first-order valence-electron chi connectivity index (χ1n) is 11.3. The SMILES string of the molecule is C=C/C(=C\C(=C/C)c1ccc2[nH]nc(-c3cc4c(-c5ccsc5)nccc4[nH]3)c2c1)NC(C)C. The first-order valence-corrected chi connectivity index (χ1v) is 12.3. The van der Waals surface area contributed by atoms with Crippen LogP contribution in [0.5, 0.6) is 0 Å². The number of rotatable bonds is 7. The van der Waals surface area contributed by atoms with Gasteiger partial charge in [-0.25, -0.2) is 0 Å². The predicted molar refractivity (Wildman–Crippen MR) is 145 cm³/mol. The van der Waals surface area contributed by atoms with E-state index in [1.165, 1.54) is 0 Å². The molecule has 0 fully saturated rings. The van der Waals surface area contributed by atoms with E-state index < -0.39 is 0 Å². The maximum atomic E-state index is 4.66. The zero-order chi connectivity index (χ0) is 23.7. The molecule has 5 aromatic rings. The molecular weight excluding hydrogens is 438 g/mol. The van der Waals surface area contributed by atoms with Crippen molar-refractivity contribution in [1.82, 2.24) is 25.5 Å². The fourth-order valence-corrected chi connectivity index (χ4v) is 4.84. The van der Waals surface area contributed by atoms with E-state index >= 15 is 0 Å². The van der Waals surface area contributed by atoms with Crippen LogP contribution in [-0.4, -0.2) is 26.2 Å². The fraction of sp³-hybridized carbons (Fsp3) is 0.143. The van der Waals surface area contributed by atoms with Gasteiger partial charge in [-0.1, -0.05) is 18.7 Å². The van der Waals surface area contributed by atoms with E-state index in [1.807, 2.05) is 18.3 Å². The molecule has 5 nitrogen and oxygen atoms in total. The average molecular weight is 466 g/mol. The average Bonchev–Trinajstić information content (AvgIpc) is 3.59. The van der Waals surface area contributed by atoms with Crippen molar-refractivity contribution in [3.05, 3.63) is 89.4 Å². The number of aromatic amines is 2. The van der Waals surface area contributed by atoms with Crippen LogP contribution in [0.15, 0.2) is 83.9 Å². The van der Waals surface area contributed by atoms with Crippen molar-refractivity contribution in [2.75, 3.05) is 0 Å². The Morgan fingerprint density at radius 3 is 2.68 bits per heavy atom. The summed E-state index contributed by atoms with van der Waals surface area (Å²) in [6.45, 7) is 10.3. The minimum absolute atomic E-state index is 0.334. The number of pyridine rings is 1. The van der Waals surface area contributed by atoms with Gasteiger partial charge in [-0.05, 0) is 79.8 Å². The molecule has 1 aromatic carbocycles. The molecule has 4 aromatic heterocycles. The highest BCUT2D eigenvalue weighted by Crippen LogP contribution is 2.34. The van der Waals surface area contributed by atoms with Crippen LogP contribution in [0, 0.1) is 0 Å². The Morgan fingerprint density at radius 1 is 1.09 bits per heavy atom. The van der Waals surface area contributed by atoms with Gasteiger partial charge in [0.25, 0.3) is 0 Å². The molecule has 6 heteroatoms. The van der Waals surface area contributed by atoms with Crippen LogP contribution in [0.1, 0.15) is 26.3 Å². The lowest BCUT2D eigenvalue weighted by Crippen LogP contribution is -2.20. The number of fused-ring (bicyclic) bond motifs is 2. The van der Waals surface area contributed by atoms with Crippen molar-refractivity contribution in [2.24, 2.45) is 0 Å². The van der Waals surface area contributed by atoms with Gasteiger partial charge in [0.1, 0.15) is 5.69 Å². The van der Waals surface area contributed by atoms with Gasteiger partial charge in [-0.2, -0.15) is 16.4 Å². The van der Waals surface area contributed by atoms with Gasteiger partial charge in [0, 0.05) is 45.2 Å². The third-order valence-electron chi connectivity index (χ3n) is 5.79. The van der Waals surface area contributed by atoms with Crippen molar-refractivity contribution in [3.8, 4) is 22.6 Å². The Labute approximate surface area is 203 Å². The van der Waals surface area contributed by atoms with E-state index in [1.54, 1.807) is 11.3 Å². The first-order chi connectivity index (χ1) is 16.6. The Balaban J connectivity index is 1.59. The Kier molecular flexibility index (Phi) is 5.90. The number of hydrogen-bond donors (Lipinski definition) is 3. The molecule has 5 rings (SSSR count). The summed E-state index contributed by atoms with van der Waals surface area (Å²) in [6, 6.07) is 13.0. The van der Waals surface area contributed by atoms with E-state index in [0.717, 1.165) is 61.3 Å². The number of aromatic nitrogens is 4. The number of benzene rings is 1. The van der Waals surface area contributed by atoms with E-state index in [0.29, 0.717) is 6.04 Å². The molecule has 4 heterocycles. The van der Waals surface area contributed by atoms with Crippen LogP contribution in [0.3, 0.4) is 0 Å². The van der Waals surface area contributed by atoms with E-state index in [2.05, 4.69) is 106 Å². The van der Waals surface area contributed by atoms with Gasteiger partial charge in [0.05, 0.1) is 16.9 Å². The number of allylic oxidation sites excluding steroid dienone is 4. The van der Waals surface area contributed by atoms with E-state index in [9.17, 15) is 0 Å². The second kappa shape index (κ2) is 9.15. The second-order valence-corrected chi connectivity index (χ2v) is 9.28. The first kappa shape index (κ1) is 21.9. The van der Waals surface area contributed by atoms with Crippen LogP contribution >= 0.6 is 11.3 Å². The van der Waals surface area contributed by atoms with Crippen LogP contribution in [0.2, 0.25) is 0 Å². The molecule has 0 amide bonds. The molecular formula is C28H27N5S. The standard InChI is InChI=1S/C28H27N5S/c1-5-18(13-21(6-2)30-17(3)4)19-7-8-25-22(14-19)28(33-32-25)26-15-23-24(31-26)9-11-29-27(23)20-10-12-34-16-20/h5-17,30-31H,2H2,1,3-4H3,(H,32,33)/b18-5+,21-13+. The van der Waals surface area contributed by atoms with Crippen molar-refractivity contribution >= 4 is 38.7 Å². The summed E-state index contributed by atoms with van der Waals surface area (Å²) < 4.78 is 0. The fourth-order valence-electron chi connectivity index (χ4n) is 4.20. The molecule has 0 aliphatic rings. The molecule has 0 saturated heterocycles. The van der Waals surface area contributed by atoms with Gasteiger partial charge in [-0.15, -0.1) is 0 Å². The largest absolute Gasteiger partial charge is 0.383 e. The third-order valence-corrected chi connectivity index (χ3v) is 6.47. The maximum Gasteiger partial charge on any atom is 0.116 e. The maximum absolute atomic E-state index is 4.66. The highest BCUT2D eigenvalue weighted by atomic mass is 32.1. The zero-order valence-corrected chi connectivity index (χ0v) is 20.3. The number of H-pyrrole nitrogens is 2. The minimum atomic E-state index is 0.334. The molecule has 0 atom stereocenters. The Bertz CT molecular complexity index is 1530. The lowest BCUT2D eigenvalue weighted by Gasteiger charge is -2.12. The van der Waals surface area contributed by atoms with Gasteiger partial charge in [0.2, 0.25) is 0 Å². The lowest BCUT2D eigenvalue weighted by atomic mass is 10.0. The molecule has 0 spiro atoms. The topological polar surface area (TPSA) is 69.4 Å². The summed E-state index contributed by atoms with van der Waals surface area (Å²) in [5.74, 6) is 0. The quantitative estimate of drug-likeness (QED) is 0.221. The van der Waals surface area contributed by atoms with Gasteiger partial charge in [0.15, 0.2) is 0 Å². The number of nitrogens with zero attached hydrogens (tertiary/aromatic N) is 2. The van der Waals surface area contributed by atoms with Crippen LogP contribution < -0.4 is 5.32 Å². The van der Waals surface area contributed by atoms with E-state index in [-0.39, 0.29) is 0 Å². The third kappa shape index (κ3) is 4.08. The van der Waals surface area contributed by atoms with Crippen molar-refractivity contribution in [1.29, 1.82) is 0 Å². The van der Waals surface area contributed by atoms with Crippen LogP contribution in [0.4, 0.5) is 0 Å². The predicted octanol–water partition coefficient (Wildman–Crippen LogP) is 7.31. The molecule has 0 unspecified atom stereocenters. The highest BCUT2D eigenvalue weighted by Gasteiger charge is 2.15. The molecule has 0 aliphatic heterocycles. The molecule has 0 saturated carbocycles. The summed E-state index contributed by atoms with van der Waals surface area (Å²) in [5.41, 5.74) is 9.27. The Morgan fingerprint density at radius 2 is 1.94 bits per heavy atom. The molecule has 0 aliphatic carbocycles. The van der Waals surface area contributed by atoms with Crippen LogP contribution in [0.25, 0.3) is 50.0 Å². The monoisotopic (exact) mass is 465 g/mol. The smallest absolute Gasteiger partial charge is 0.116 e. The summed E-state index contributed by atoms with van der Waals surface area (Å²) >= 11 is 1.68. The normalized spacial score (nSPS) is 12.7. The Hall–Kier alpha value is -3.90. The molecule has 34 heavy (non-hydrogen) atoms. The van der Waals surface area contributed by atoms with Gasteiger partial charge >= 0.3 is 0 Å². The summed E-state index contributed by atoms with van der Waals surface area (Å²) in [7, 11) is 0. The minimum Gasteiger partial charge on any atom is -0.383 e. The molecule has 3 N–H and O–H groups in total. The van der Waals surface area contributed by atoms with Gasteiger partial charge < -0.3 is 10.3 Å². The molecule has 170 valence electrons. The number of thiophene rings is 1. The summed E-state index contributed by atoms with van der Waals surface area (Å²) in [5, 5.41) is 17.7. The highest BCUT2D eigenvalue weighted by molar-refractivity contribution is 7.08. The second-order valence-electron chi connectivity index (χ2n) is 8.50. The van der Waals surface area contributed by atoms with E-state index in [4.69, 9.17) is 0 Å². The van der Waals surface area contributed by atoms with Crippen LogP contribution in [-0.2, 0) is 0 Å². The summed E-state index contributed by atoms with van der Waals surface area (Å²) in [4.78, 5) is 8.19. The number of hydrogen-bond acceptors (Lipinski definition) is 4.